The molecule has 0 radical (unpaired) electrons. The summed E-state index contributed by atoms with van der Waals surface area (Å²) in [6, 6.07) is 6.07. The van der Waals surface area contributed by atoms with E-state index >= 15 is 0 Å². The fourth-order valence-electron chi connectivity index (χ4n) is 3.63. The number of nitrogens with one attached hydrogen (secondary N) is 1. The van der Waals surface area contributed by atoms with Gasteiger partial charge in [-0.25, -0.2) is 0 Å². The van der Waals surface area contributed by atoms with E-state index in [2.05, 4.69) is 29.4 Å². The third kappa shape index (κ3) is 5.84. The molecule has 7 nitrogen and oxygen atoms in total. The molecule has 1 aromatic carbocycles. The van der Waals surface area contributed by atoms with Crippen molar-refractivity contribution in [1.82, 2.24) is 20.1 Å². The Hall–Kier alpha value is -2.83. The van der Waals surface area contributed by atoms with Crippen LogP contribution in [0.4, 0.5) is 0 Å². The Morgan fingerprint density at radius 1 is 1.33 bits per heavy atom. The van der Waals surface area contributed by atoms with Crippen LogP contribution < -0.4 is 14.8 Å². The van der Waals surface area contributed by atoms with E-state index in [0.29, 0.717) is 25.6 Å². The van der Waals surface area contributed by atoms with Crippen molar-refractivity contribution in [2.75, 3.05) is 13.2 Å². The summed E-state index contributed by atoms with van der Waals surface area (Å²) in [4.78, 5) is 12.3. The Bertz CT molecular complexity index is 854. The molecule has 0 bridgehead atoms. The van der Waals surface area contributed by atoms with Gasteiger partial charge < -0.3 is 19.4 Å². The van der Waals surface area contributed by atoms with Gasteiger partial charge in [0.25, 0.3) is 0 Å². The van der Waals surface area contributed by atoms with Gasteiger partial charge in [-0.15, -0.1) is 10.2 Å². The summed E-state index contributed by atoms with van der Waals surface area (Å²) in [6.45, 7) is 7.18. The maximum Gasteiger partial charge on any atom is 0.244 e. The van der Waals surface area contributed by atoms with Crippen molar-refractivity contribution in [1.29, 1.82) is 0 Å². The quantitative estimate of drug-likeness (QED) is 0.598. The number of ether oxygens (including phenoxy) is 2. The van der Waals surface area contributed by atoms with Crippen LogP contribution in [0.25, 0.3) is 6.08 Å². The molecule has 2 aromatic rings. The first-order valence-corrected chi connectivity index (χ1v) is 10.8. The molecule has 162 valence electrons. The molecule has 1 fully saturated rings. The van der Waals surface area contributed by atoms with Crippen LogP contribution in [0.3, 0.4) is 0 Å². The van der Waals surface area contributed by atoms with E-state index < -0.39 is 0 Å². The third-order valence-electron chi connectivity index (χ3n) is 5.16. The highest BCUT2D eigenvalue weighted by Gasteiger charge is 2.20. The molecule has 1 heterocycles. The van der Waals surface area contributed by atoms with Crippen LogP contribution in [0.2, 0.25) is 0 Å². The molecule has 3 rings (SSSR count). The molecular formula is C23H32N4O3. The second-order valence-corrected chi connectivity index (χ2v) is 7.75. The smallest absolute Gasteiger partial charge is 0.244 e. The molecule has 0 saturated heterocycles. The normalized spacial score (nSPS) is 14.5. The number of aromatic nitrogens is 3. The zero-order chi connectivity index (χ0) is 21.3. The molecule has 1 aliphatic rings. The monoisotopic (exact) mass is 412 g/mol. The Labute approximate surface area is 178 Å². The van der Waals surface area contributed by atoms with Gasteiger partial charge >= 0.3 is 0 Å². The summed E-state index contributed by atoms with van der Waals surface area (Å²) >= 11 is 0. The van der Waals surface area contributed by atoms with Gasteiger partial charge in [0, 0.05) is 30.6 Å². The summed E-state index contributed by atoms with van der Waals surface area (Å²) < 4.78 is 14.0. The van der Waals surface area contributed by atoms with Crippen LogP contribution in [-0.2, 0) is 11.2 Å². The number of para-hydroxylation sites is 1. The van der Waals surface area contributed by atoms with Gasteiger partial charge in [0.05, 0.1) is 12.7 Å². The summed E-state index contributed by atoms with van der Waals surface area (Å²) in [5.74, 6) is 2.16. The topological polar surface area (TPSA) is 78.3 Å². The second kappa shape index (κ2) is 10.8. The molecule has 1 N–H and O–H groups in total. The van der Waals surface area contributed by atoms with Crippen molar-refractivity contribution in [2.24, 2.45) is 0 Å². The van der Waals surface area contributed by atoms with Gasteiger partial charge in [-0.1, -0.05) is 12.1 Å². The number of hydrogen-bond donors (Lipinski definition) is 1. The first kappa shape index (κ1) is 21.9. The molecule has 1 amide bonds. The van der Waals surface area contributed by atoms with E-state index in [1.807, 2.05) is 29.7 Å². The largest absolute Gasteiger partial charge is 0.490 e. The van der Waals surface area contributed by atoms with Gasteiger partial charge in [0.1, 0.15) is 12.2 Å². The first-order valence-electron chi connectivity index (χ1n) is 10.8. The van der Waals surface area contributed by atoms with Crippen molar-refractivity contribution in [3.05, 3.63) is 42.0 Å². The molecule has 30 heavy (non-hydrogen) atoms. The fourth-order valence-corrected chi connectivity index (χ4v) is 3.63. The van der Waals surface area contributed by atoms with Crippen LogP contribution in [0, 0.1) is 0 Å². The Balaban J connectivity index is 1.61. The van der Waals surface area contributed by atoms with Gasteiger partial charge in [0.15, 0.2) is 11.5 Å². The molecule has 1 aromatic heterocycles. The number of hydrogen-bond acceptors (Lipinski definition) is 5. The minimum Gasteiger partial charge on any atom is -0.490 e. The Morgan fingerprint density at radius 2 is 2.13 bits per heavy atom. The average Bonchev–Trinajstić information content (AvgIpc) is 3.40. The van der Waals surface area contributed by atoms with Gasteiger partial charge in [0.2, 0.25) is 5.91 Å². The zero-order valence-electron chi connectivity index (χ0n) is 18.1. The predicted molar refractivity (Wildman–Crippen MR) is 117 cm³/mol. The SMILES string of the molecule is CCOc1cccc(C=CC(=O)NCCc2nncn2C(C)C)c1OC1CCCC1. The number of amides is 1. The van der Waals surface area contributed by atoms with E-state index in [-0.39, 0.29) is 12.0 Å². The molecule has 0 unspecified atom stereocenters. The van der Waals surface area contributed by atoms with Crippen molar-refractivity contribution in [3.63, 3.8) is 0 Å². The number of carbonyl (C=O) groups is 1. The van der Waals surface area contributed by atoms with Gasteiger partial charge in [-0.3, -0.25) is 4.79 Å². The minimum absolute atomic E-state index is 0.153. The summed E-state index contributed by atoms with van der Waals surface area (Å²) in [5, 5.41) is 11.0. The van der Waals surface area contributed by atoms with Crippen molar-refractivity contribution < 1.29 is 14.3 Å². The van der Waals surface area contributed by atoms with E-state index in [1.165, 1.54) is 12.8 Å². The number of carbonyl (C=O) groups excluding carboxylic acids is 1. The number of rotatable bonds is 10. The van der Waals surface area contributed by atoms with E-state index in [0.717, 1.165) is 35.7 Å². The maximum absolute atomic E-state index is 12.3. The lowest BCUT2D eigenvalue weighted by Crippen LogP contribution is -2.24. The Kier molecular flexibility index (Phi) is 7.88. The van der Waals surface area contributed by atoms with E-state index in [9.17, 15) is 4.79 Å². The molecule has 0 atom stereocenters. The number of nitrogens with zero attached hydrogens (tertiary/aromatic N) is 3. The molecule has 7 heteroatoms. The van der Waals surface area contributed by atoms with Crippen molar-refractivity contribution in [2.45, 2.75) is 65.0 Å². The van der Waals surface area contributed by atoms with Crippen molar-refractivity contribution >= 4 is 12.0 Å². The zero-order valence-corrected chi connectivity index (χ0v) is 18.1. The average molecular weight is 413 g/mol. The van der Waals surface area contributed by atoms with Crippen LogP contribution in [-0.4, -0.2) is 39.9 Å². The molecule has 1 saturated carbocycles. The molecule has 0 spiro atoms. The number of benzene rings is 1. The van der Waals surface area contributed by atoms with Crippen LogP contribution in [0.5, 0.6) is 11.5 Å². The Morgan fingerprint density at radius 3 is 2.87 bits per heavy atom. The van der Waals surface area contributed by atoms with Crippen LogP contribution >= 0.6 is 0 Å². The van der Waals surface area contributed by atoms with Crippen LogP contribution in [0.15, 0.2) is 30.6 Å². The van der Waals surface area contributed by atoms with E-state index in [4.69, 9.17) is 9.47 Å². The summed E-state index contributed by atoms with van der Waals surface area (Å²) in [6.07, 6.45) is 10.4. The summed E-state index contributed by atoms with van der Waals surface area (Å²) in [5.41, 5.74) is 0.850. The summed E-state index contributed by atoms with van der Waals surface area (Å²) in [7, 11) is 0. The highest BCUT2D eigenvalue weighted by molar-refractivity contribution is 5.92. The lowest BCUT2D eigenvalue weighted by molar-refractivity contribution is -0.116. The molecular weight excluding hydrogens is 380 g/mol. The molecule has 0 aliphatic heterocycles. The lowest BCUT2D eigenvalue weighted by Gasteiger charge is -2.18. The van der Waals surface area contributed by atoms with Crippen LogP contribution in [0.1, 0.15) is 63.9 Å². The highest BCUT2D eigenvalue weighted by atomic mass is 16.5. The van der Waals surface area contributed by atoms with Crippen molar-refractivity contribution in [3.8, 4) is 11.5 Å². The maximum atomic E-state index is 12.3. The molecule has 1 aliphatic carbocycles. The minimum atomic E-state index is -0.153. The fraction of sp³-hybridized carbons (Fsp3) is 0.522. The standard InChI is InChI=1S/C23H32N4O3/c1-4-29-20-11-7-8-18(23(20)30-19-9-5-6-10-19)12-13-22(28)24-15-14-21-26-25-16-27(21)17(2)3/h7-8,11-13,16-17,19H,4-6,9-10,14-15H2,1-3H3,(H,24,28). The lowest BCUT2D eigenvalue weighted by atomic mass is 10.1. The second-order valence-electron chi connectivity index (χ2n) is 7.75. The highest BCUT2D eigenvalue weighted by Crippen LogP contribution is 2.35. The van der Waals surface area contributed by atoms with Gasteiger partial charge in [-0.2, -0.15) is 0 Å². The van der Waals surface area contributed by atoms with E-state index in [1.54, 1.807) is 18.5 Å². The third-order valence-corrected chi connectivity index (χ3v) is 5.16. The predicted octanol–water partition coefficient (Wildman–Crippen LogP) is 3.95. The first-order chi connectivity index (χ1) is 14.6. The van der Waals surface area contributed by atoms with Gasteiger partial charge in [-0.05, 0) is 58.6 Å².